The average Bonchev–Trinajstić information content (AvgIpc) is 3.07. The molecular formula is C20H21N3O3S. The topological polar surface area (TPSA) is 63.7 Å². The van der Waals surface area contributed by atoms with E-state index in [0.29, 0.717) is 19.6 Å². The molecule has 7 heteroatoms. The summed E-state index contributed by atoms with van der Waals surface area (Å²) in [4.78, 5) is 19.2. The maximum Gasteiger partial charge on any atom is 0.226 e. The van der Waals surface area contributed by atoms with E-state index >= 15 is 0 Å². The van der Waals surface area contributed by atoms with Crippen LogP contribution in [0.2, 0.25) is 0 Å². The number of ether oxygens (including phenoxy) is 2. The number of carbonyl (C=O) groups excluding carboxylic acids is 1. The second-order valence-electron chi connectivity index (χ2n) is 6.50. The highest BCUT2D eigenvalue weighted by Crippen LogP contribution is 2.34. The van der Waals surface area contributed by atoms with Gasteiger partial charge in [0.05, 0.1) is 30.4 Å². The van der Waals surface area contributed by atoms with Crippen molar-refractivity contribution in [3.05, 3.63) is 48.0 Å². The average molecular weight is 383 g/mol. The van der Waals surface area contributed by atoms with Crippen molar-refractivity contribution < 1.29 is 14.3 Å². The zero-order chi connectivity index (χ0) is 18.8. The van der Waals surface area contributed by atoms with Gasteiger partial charge in [-0.1, -0.05) is 23.5 Å². The number of benzene rings is 2. The lowest BCUT2D eigenvalue weighted by molar-refractivity contribution is -0.125. The number of nitrogens with one attached hydrogen (secondary N) is 1. The fourth-order valence-corrected chi connectivity index (χ4v) is 4.04. The second-order valence-corrected chi connectivity index (χ2v) is 7.51. The molecule has 1 N–H and O–H groups in total. The number of nitrogens with zero attached hydrogens (tertiary/aromatic N) is 2. The van der Waals surface area contributed by atoms with Gasteiger partial charge in [0.2, 0.25) is 5.91 Å². The molecular weight excluding hydrogens is 362 g/mol. The third-order valence-corrected chi connectivity index (χ3v) is 5.80. The van der Waals surface area contributed by atoms with Crippen LogP contribution in [0, 0.1) is 5.92 Å². The molecule has 4 rings (SSSR count). The van der Waals surface area contributed by atoms with Gasteiger partial charge in [0, 0.05) is 25.7 Å². The minimum atomic E-state index is -0.00263. The molecule has 1 fully saturated rings. The zero-order valence-corrected chi connectivity index (χ0v) is 16.1. The highest BCUT2D eigenvalue weighted by Gasteiger charge is 2.34. The highest BCUT2D eigenvalue weighted by atomic mass is 32.1. The number of thiazole rings is 1. The summed E-state index contributed by atoms with van der Waals surface area (Å²) in [6, 6.07) is 13.6. The van der Waals surface area contributed by atoms with Crippen LogP contribution in [0.15, 0.2) is 42.5 Å². The van der Waals surface area contributed by atoms with Crippen LogP contribution in [0.4, 0.5) is 5.13 Å². The molecule has 1 aliphatic rings. The van der Waals surface area contributed by atoms with Crippen molar-refractivity contribution in [2.45, 2.75) is 6.54 Å². The minimum absolute atomic E-state index is 0.00263. The number of anilines is 1. The molecule has 2 aromatic carbocycles. The van der Waals surface area contributed by atoms with Gasteiger partial charge in [-0.3, -0.25) is 4.79 Å². The Kier molecular flexibility index (Phi) is 4.85. The van der Waals surface area contributed by atoms with Gasteiger partial charge in [-0.05, 0) is 29.8 Å². The lowest BCUT2D eigenvalue weighted by Crippen LogP contribution is -2.53. The fourth-order valence-electron chi connectivity index (χ4n) is 3.07. The third kappa shape index (κ3) is 3.68. The number of amides is 1. The Morgan fingerprint density at radius 3 is 2.74 bits per heavy atom. The molecule has 140 valence electrons. The van der Waals surface area contributed by atoms with Crippen LogP contribution in [0.1, 0.15) is 5.56 Å². The van der Waals surface area contributed by atoms with Gasteiger partial charge in [-0.25, -0.2) is 4.98 Å². The van der Waals surface area contributed by atoms with E-state index in [1.807, 2.05) is 42.5 Å². The lowest BCUT2D eigenvalue weighted by Gasteiger charge is -2.37. The van der Waals surface area contributed by atoms with Crippen molar-refractivity contribution in [2.24, 2.45) is 5.92 Å². The molecule has 0 unspecified atom stereocenters. The van der Waals surface area contributed by atoms with Crippen LogP contribution in [-0.2, 0) is 11.3 Å². The predicted molar refractivity (Wildman–Crippen MR) is 107 cm³/mol. The lowest BCUT2D eigenvalue weighted by atomic mass is 10.00. The number of hydrogen-bond acceptors (Lipinski definition) is 6. The quantitative estimate of drug-likeness (QED) is 0.709. The Balaban J connectivity index is 1.32. The summed E-state index contributed by atoms with van der Waals surface area (Å²) in [6.07, 6.45) is 0. The second kappa shape index (κ2) is 7.44. The first-order valence-corrected chi connectivity index (χ1v) is 9.58. The van der Waals surface area contributed by atoms with Crippen LogP contribution in [0.25, 0.3) is 10.2 Å². The maximum absolute atomic E-state index is 12.4. The van der Waals surface area contributed by atoms with Crippen molar-refractivity contribution in [2.75, 3.05) is 32.2 Å². The molecule has 0 bridgehead atoms. The standard InChI is InChI=1S/C20H21N3O3S/c1-25-15-5-3-4-13(8-15)10-21-19(24)14-11-23(12-14)20-22-17-9-16(26-2)6-7-18(17)27-20/h3-9,14H,10-12H2,1-2H3,(H,21,24). The molecule has 0 atom stereocenters. The van der Waals surface area contributed by atoms with Crippen molar-refractivity contribution in [3.8, 4) is 11.5 Å². The van der Waals surface area contributed by atoms with E-state index in [1.165, 1.54) is 0 Å². The van der Waals surface area contributed by atoms with Gasteiger partial charge < -0.3 is 19.7 Å². The Bertz CT molecular complexity index is 966. The Hall–Kier alpha value is -2.80. The van der Waals surface area contributed by atoms with Crippen molar-refractivity contribution in [1.82, 2.24) is 10.3 Å². The molecule has 1 amide bonds. The minimum Gasteiger partial charge on any atom is -0.497 e. The van der Waals surface area contributed by atoms with Gasteiger partial charge in [0.15, 0.2) is 5.13 Å². The first-order valence-electron chi connectivity index (χ1n) is 8.76. The number of methoxy groups -OCH3 is 2. The van der Waals surface area contributed by atoms with Crippen molar-refractivity contribution in [1.29, 1.82) is 0 Å². The van der Waals surface area contributed by atoms with Crippen LogP contribution in [-0.4, -0.2) is 38.2 Å². The summed E-state index contributed by atoms with van der Waals surface area (Å²) < 4.78 is 11.6. The molecule has 0 spiro atoms. The zero-order valence-electron chi connectivity index (χ0n) is 15.3. The molecule has 1 aromatic heterocycles. The largest absolute Gasteiger partial charge is 0.497 e. The first kappa shape index (κ1) is 17.6. The number of fused-ring (bicyclic) bond motifs is 1. The molecule has 0 aliphatic carbocycles. The number of carbonyl (C=O) groups is 1. The molecule has 0 radical (unpaired) electrons. The number of rotatable bonds is 6. The SMILES string of the molecule is COc1cccc(CNC(=O)C2CN(c3nc4cc(OC)ccc4s3)C2)c1. The molecule has 1 aliphatic heterocycles. The van der Waals surface area contributed by atoms with Crippen LogP contribution < -0.4 is 19.7 Å². The van der Waals surface area contributed by atoms with Gasteiger partial charge in [0.1, 0.15) is 11.5 Å². The van der Waals surface area contributed by atoms with Gasteiger partial charge in [0.25, 0.3) is 0 Å². The van der Waals surface area contributed by atoms with E-state index in [4.69, 9.17) is 9.47 Å². The van der Waals surface area contributed by atoms with Crippen LogP contribution in [0.3, 0.4) is 0 Å². The van der Waals surface area contributed by atoms with Crippen molar-refractivity contribution in [3.63, 3.8) is 0 Å². The summed E-state index contributed by atoms with van der Waals surface area (Å²) in [5.41, 5.74) is 1.96. The van der Waals surface area contributed by atoms with E-state index in [9.17, 15) is 4.79 Å². The molecule has 2 heterocycles. The number of aromatic nitrogens is 1. The number of hydrogen-bond donors (Lipinski definition) is 1. The summed E-state index contributed by atoms with van der Waals surface area (Å²) in [5.74, 6) is 1.68. The summed E-state index contributed by atoms with van der Waals surface area (Å²) >= 11 is 1.64. The highest BCUT2D eigenvalue weighted by molar-refractivity contribution is 7.22. The van der Waals surface area contributed by atoms with E-state index in [-0.39, 0.29) is 11.8 Å². The van der Waals surface area contributed by atoms with Crippen LogP contribution >= 0.6 is 11.3 Å². The fraction of sp³-hybridized carbons (Fsp3) is 0.300. The predicted octanol–water partition coefficient (Wildman–Crippen LogP) is 3.07. The first-order chi connectivity index (χ1) is 13.2. The molecule has 27 heavy (non-hydrogen) atoms. The Labute approximate surface area is 161 Å². The molecule has 0 saturated carbocycles. The molecule has 1 saturated heterocycles. The smallest absolute Gasteiger partial charge is 0.226 e. The van der Waals surface area contributed by atoms with E-state index in [0.717, 1.165) is 32.4 Å². The Morgan fingerprint density at radius 2 is 1.96 bits per heavy atom. The van der Waals surface area contributed by atoms with Crippen molar-refractivity contribution >= 4 is 32.6 Å². The Morgan fingerprint density at radius 1 is 1.19 bits per heavy atom. The van der Waals surface area contributed by atoms with Gasteiger partial charge >= 0.3 is 0 Å². The summed E-state index contributed by atoms with van der Waals surface area (Å²) in [5, 5.41) is 3.96. The van der Waals surface area contributed by atoms with E-state index in [2.05, 4.69) is 15.2 Å². The van der Waals surface area contributed by atoms with Gasteiger partial charge in [-0.2, -0.15) is 0 Å². The molecule has 3 aromatic rings. The maximum atomic E-state index is 12.4. The van der Waals surface area contributed by atoms with Crippen LogP contribution in [0.5, 0.6) is 11.5 Å². The monoisotopic (exact) mass is 383 g/mol. The van der Waals surface area contributed by atoms with E-state index in [1.54, 1.807) is 25.6 Å². The normalized spacial score (nSPS) is 14.1. The third-order valence-electron chi connectivity index (χ3n) is 4.71. The van der Waals surface area contributed by atoms with Gasteiger partial charge in [-0.15, -0.1) is 0 Å². The van der Waals surface area contributed by atoms with E-state index < -0.39 is 0 Å². The molecule has 6 nitrogen and oxygen atoms in total. The summed E-state index contributed by atoms with van der Waals surface area (Å²) in [6.45, 7) is 1.90. The summed E-state index contributed by atoms with van der Waals surface area (Å²) in [7, 11) is 3.29.